The van der Waals surface area contributed by atoms with Gasteiger partial charge in [0, 0.05) is 17.0 Å². The van der Waals surface area contributed by atoms with Gasteiger partial charge in [-0.2, -0.15) is 5.10 Å². The SMILES string of the molecule is CCc1c(C(N)=O)nn(-c2ccc(Cl)cc2Cl)c1-c1ccc(C#CCC(C)C)s1. The van der Waals surface area contributed by atoms with Crippen molar-refractivity contribution in [3.8, 4) is 28.1 Å². The van der Waals surface area contributed by atoms with Crippen molar-refractivity contribution in [1.29, 1.82) is 0 Å². The number of primary amides is 1. The molecule has 2 N–H and O–H groups in total. The number of nitrogens with two attached hydrogens (primary N) is 1. The highest BCUT2D eigenvalue weighted by Gasteiger charge is 2.24. The van der Waals surface area contributed by atoms with E-state index < -0.39 is 5.91 Å². The summed E-state index contributed by atoms with van der Waals surface area (Å²) in [4.78, 5) is 13.9. The van der Waals surface area contributed by atoms with Crippen LogP contribution in [0.4, 0.5) is 0 Å². The molecule has 3 rings (SSSR count). The first-order chi connectivity index (χ1) is 13.8. The lowest BCUT2D eigenvalue weighted by Gasteiger charge is -2.09. The van der Waals surface area contributed by atoms with E-state index >= 15 is 0 Å². The lowest BCUT2D eigenvalue weighted by Crippen LogP contribution is -2.14. The summed E-state index contributed by atoms with van der Waals surface area (Å²) in [6.45, 7) is 6.25. The van der Waals surface area contributed by atoms with Gasteiger partial charge >= 0.3 is 0 Å². The molecule has 3 aromatic rings. The molecule has 0 aliphatic heterocycles. The second-order valence-corrected chi connectivity index (χ2v) is 8.89. The molecule has 0 saturated heterocycles. The maximum atomic E-state index is 12.0. The van der Waals surface area contributed by atoms with Gasteiger partial charge < -0.3 is 5.73 Å². The molecule has 2 heterocycles. The first-order valence-corrected chi connectivity index (χ1v) is 10.8. The zero-order chi connectivity index (χ0) is 21.1. The molecule has 0 unspecified atom stereocenters. The van der Waals surface area contributed by atoms with Crippen LogP contribution >= 0.6 is 34.5 Å². The standard InChI is InChI=1S/C22H21Cl2N3OS/c1-4-16-20(22(25)28)26-27(18-10-8-14(23)12-17(18)24)21(16)19-11-9-15(29-19)7-5-6-13(2)3/h8-13H,4,6H2,1-3H3,(H2,25,28). The number of carbonyl (C=O) groups excluding carboxylic acids is 1. The maximum absolute atomic E-state index is 12.0. The molecule has 1 amide bonds. The van der Waals surface area contributed by atoms with Gasteiger partial charge in [-0.05, 0) is 42.7 Å². The summed E-state index contributed by atoms with van der Waals surface area (Å²) in [5.41, 5.74) is 8.06. The molecular weight excluding hydrogens is 425 g/mol. The third-order valence-electron chi connectivity index (χ3n) is 4.27. The highest BCUT2D eigenvalue weighted by molar-refractivity contribution is 7.16. The van der Waals surface area contributed by atoms with Crippen LogP contribution in [-0.2, 0) is 6.42 Å². The largest absolute Gasteiger partial charge is 0.364 e. The van der Waals surface area contributed by atoms with Crippen LogP contribution in [0, 0.1) is 17.8 Å². The Morgan fingerprint density at radius 1 is 1.28 bits per heavy atom. The average Bonchev–Trinajstić information content (AvgIpc) is 3.25. The molecule has 0 atom stereocenters. The maximum Gasteiger partial charge on any atom is 0.269 e. The van der Waals surface area contributed by atoms with Crippen LogP contribution in [0.2, 0.25) is 10.0 Å². The van der Waals surface area contributed by atoms with Crippen molar-refractivity contribution in [1.82, 2.24) is 9.78 Å². The summed E-state index contributed by atoms with van der Waals surface area (Å²) in [5, 5.41) is 5.46. The smallest absolute Gasteiger partial charge is 0.269 e. The van der Waals surface area contributed by atoms with E-state index in [1.165, 1.54) is 0 Å². The van der Waals surface area contributed by atoms with Crippen molar-refractivity contribution in [3.05, 3.63) is 56.5 Å². The van der Waals surface area contributed by atoms with E-state index in [0.717, 1.165) is 27.4 Å². The summed E-state index contributed by atoms with van der Waals surface area (Å²) in [5.74, 6) is 6.38. The quantitative estimate of drug-likeness (QED) is 0.491. The topological polar surface area (TPSA) is 60.9 Å². The number of amides is 1. The zero-order valence-electron chi connectivity index (χ0n) is 16.4. The highest BCUT2D eigenvalue weighted by atomic mass is 35.5. The molecule has 7 heteroatoms. The number of thiophene rings is 1. The first kappa shape index (κ1) is 21.4. The molecule has 0 bridgehead atoms. The van der Waals surface area contributed by atoms with Gasteiger partial charge in [0.05, 0.1) is 26.2 Å². The van der Waals surface area contributed by atoms with Crippen molar-refractivity contribution < 1.29 is 4.79 Å². The Balaban J connectivity index is 2.18. The number of benzene rings is 1. The van der Waals surface area contributed by atoms with Crippen molar-refractivity contribution in [2.45, 2.75) is 33.6 Å². The highest BCUT2D eigenvalue weighted by Crippen LogP contribution is 2.36. The minimum Gasteiger partial charge on any atom is -0.364 e. The summed E-state index contributed by atoms with van der Waals surface area (Å²) in [6.07, 6.45) is 1.45. The van der Waals surface area contributed by atoms with Gasteiger partial charge in [0.15, 0.2) is 5.69 Å². The summed E-state index contributed by atoms with van der Waals surface area (Å²) < 4.78 is 1.68. The second-order valence-electron chi connectivity index (χ2n) is 6.96. The molecule has 150 valence electrons. The van der Waals surface area contributed by atoms with Gasteiger partial charge in [0.2, 0.25) is 0 Å². The van der Waals surface area contributed by atoms with Crippen LogP contribution < -0.4 is 5.73 Å². The number of hydrogen-bond donors (Lipinski definition) is 1. The molecule has 2 aromatic heterocycles. The number of aromatic nitrogens is 2. The van der Waals surface area contributed by atoms with Gasteiger partial charge in [-0.25, -0.2) is 4.68 Å². The van der Waals surface area contributed by atoms with E-state index in [1.807, 2.05) is 19.1 Å². The number of rotatable bonds is 5. The minimum atomic E-state index is -0.569. The molecule has 0 saturated carbocycles. The van der Waals surface area contributed by atoms with Gasteiger partial charge in [-0.1, -0.05) is 55.8 Å². The van der Waals surface area contributed by atoms with Gasteiger partial charge in [-0.3, -0.25) is 4.79 Å². The van der Waals surface area contributed by atoms with Gasteiger partial charge in [-0.15, -0.1) is 11.3 Å². The van der Waals surface area contributed by atoms with E-state index in [2.05, 4.69) is 30.8 Å². The molecule has 0 aliphatic carbocycles. The predicted octanol–water partition coefficient (Wildman–Crippen LogP) is 5.97. The molecular formula is C22H21Cl2N3OS. The summed E-state index contributed by atoms with van der Waals surface area (Å²) in [6, 6.07) is 9.14. The molecule has 29 heavy (non-hydrogen) atoms. The molecule has 4 nitrogen and oxygen atoms in total. The molecule has 0 radical (unpaired) electrons. The summed E-state index contributed by atoms with van der Waals surface area (Å²) >= 11 is 14.0. The second kappa shape index (κ2) is 9.04. The van der Waals surface area contributed by atoms with E-state index in [9.17, 15) is 4.79 Å². The van der Waals surface area contributed by atoms with Crippen molar-refractivity contribution in [2.75, 3.05) is 0 Å². The molecule has 1 aromatic carbocycles. The Labute approximate surface area is 184 Å². The first-order valence-electron chi connectivity index (χ1n) is 9.28. The van der Waals surface area contributed by atoms with Gasteiger partial charge in [0.25, 0.3) is 5.91 Å². The van der Waals surface area contributed by atoms with Crippen molar-refractivity contribution in [2.24, 2.45) is 11.7 Å². The predicted molar refractivity (Wildman–Crippen MR) is 121 cm³/mol. The Morgan fingerprint density at radius 2 is 2.03 bits per heavy atom. The molecule has 0 aliphatic rings. The van der Waals surface area contributed by atoms with Crippen LogP contribution in [0.1, 0.15) is 48.1 Å². The molecule has 0 fully saturated rings. The Morgan fingerprint density at radius 3 is 2.66 bits per heavy atom. The number of hydrogen-bond acceptors (Lipinski definition) is 3. The monoisotopic (exact) mass is 445 g/mol. The molecule has 0 spiro atoms. The Kier molecular flexibility index (Phi) is 6.69. The fourth-order valence-corrected chi connectivity index (χ4v) is 4.37. The fourth-order valence-electron chi connectivity index (χ4n) is 2.94. The van der Waals surface area contributed by atoms with Crippen molar-refractivity contribution in [3.63, 3.8) is 0 Å². The van der Waals surface area contributed by atoms with Crippen LogP contribution in [0.25, 0.3) is 16.3 Å². The third kappa shape index (κ3) is 4.67. The van der Waals surface area contributed by atoms with Crippen LogP contribution in [0.3, 0.4) is 0 Å². The Bertz CT molecular complexity index is 1120. The Hall–Kier alpha value is -2.26. The fraction of sp³-hybridized carbons (Fsp3) is 0.273. The number of carbonyl (C=O) groups is 1. The van der Waals surface area contributed by atoms with E-state index in [1.54, 1.807) is 34.2 Å². The van der Waals surface area contributed by atoms with Crippen molar-refractivity contribution >= 4 is 40.4 Å². The van der Waals surface area contributed by atoms with Gasteiger partial charge in [0.1, 0.15) is 0 Å². The normalized spacial score (nSPS) is 10.8. The number of halogens is 2. The van der Waals surface area contributed by atoms with Crippen LogP contribution in [-0.4, -0.2) is 15.7 Å². The lowest BCUT2D eigenvalue weighted by atomic mass is 10.1. The van der Waals surface area contributed by atoms with Crippen LogP contribution in [0.15, 0.2) is 30.3 Å². The van der Waals surface area contributed by atoms with Crippen LogP contribution in [0.5, 0.6) is 0 Å². The summed E-state index contributed by atoms with van der Waals surface area (Å²) in [7, 11) is 0. The zero-order valence-corrected chi connectivity index (χ0v) is 18.8. The average molecular weight is 446 g/mol. The van der Waals surface area contributed by atoms with E-state index in [4.69, 9.17) is 28.9 Å². The third-order valence-corrected chi connectivity index (χ3v) is 5.81. The lowest BCUT2D eigenvalue weighted by molar-refractivity contribution is 0.0994. The van der Waals surface area contributed by atoms with E-state index in [-0.39, 0.29) is 5.69 Å². The minimum absolute atomic E-state index is 0.245. The number of nitrogens with zero attached hydrogens (tertiary/aromatic N) is 2. The van der Waals surface area contributed by atoms with E-state index in [0.29, 0.717) is 28.1 Å².